The molecule has 3 nitrogen and oxygen atoms in total. The van der Waals surface area contributed by atoms with Crippen molar-refractivity contribution in [1.29, 1.82) is 0 Å². The molecule has 2 N–H and O–H groups in total. The second-order valence-corrected chi connectivity index (χ2v) is 5.84. The van der Waals surface area contributed by atoms with Crippen molar-refractivity contribution in [2.24, 2.45) is 0 Å². The predicted octanol–water partition coefficient (Wildman–Crippen LogP) is 4.99. The van der Waals surface area contributed by atoms with E-state index >= 15 is 0 Å². The monoisotopic (exact) mass is 342 g/mol. The number of aromatic nitrogens is 1. The van der Waals surface area contributed by atoms with E-state index in [4.69, 9.17) is 10.5 Å². The molecule has 106 valence electrons. The summed E-state index contributed by atoms with van der Waals surface area (Å²) in [5.41, 5.74) is 8.98. The first-order valence-corrected chi connectivity index (χ1v) is 7.42. The summed E-state index contributed by atoms with van der Waals surface area (Å²) >= 11 is 3.57. The van der Waals surface area contributed by atoms with Gasteiger partial charge in [-0.25, -0.2) is 0 Å². The van der Waals surface area contributed by atoms with Gasteiger partial charge >= 0.3 is 0 Å². The van der Waals surface area contributed by atoms with E-state index in [2.05, 4.69) is 34.8 Å². The Hall–Kier alpha value is -2.07. The van der Waals surface area contributed by atoms with Gasteiger partial charge in [0.15, 0.2) is 0 Å². The minimum atomic E-state index is 0.702. The normalized spacial score (nSPS) is 10.8. The van der Waals surface area contributed by atoms with Crippen LogP contribution < -0.4 is 10.5 Å². The Kier molecular flexibility index (Phi) is 3.55. The number of nitrogens with zero attached hydrogens (tertiary/aromatic N) is 1. The van der Waals surface area contributed by atoms with Gasteiger partial charge in [-0.1, -0.05) is 15.9 Å². The van der Waals surface area contributed by atoms with Gasteiger partial charge in [-0.05, 0) is 55.3 Å². The van der Waals surface area contributed by atoms with Gasteiger partial charge < -0.3 is 10.5 Å². The van der Waals surface area contributed by atoms with E-state index in [9.17, 15) is 0 Å². The molecule has 0 saturated heterocycles. The maximum Gasteiger partial charge on any atom is 0.135 e. The average molecular weight is 343 g/mol. The molecule has 1 aromatic heterocycles. The lowest BCUT2D eigenvalue weighted by Crippen LogP contribution is -1.92. The number of rotatable bonds is 2. The van der Waals surface area contributed by atoms with Gasteiger partial charge in [-0.2, -0.15) is 0 Å². The Balaban J connectivity index is 2.09. The molecule has 0 amide bonds. The second kappa shape index (κ2) is 5.37. The fourth-order valence-corrected chi connectivity index (χ4v) is 2.59. The number of anilines is 1. The maximum atomic E-state index is 6.06. The van der Waals surface area contributed by atoms with Crippen molar-refractivity contribution in [2.75, 3.05) is 5.73 Å². The lowest BCUT2D eigenvalue weighted by Gasteiger charge is -2.12. The summed E-state index contributed by atoms with van der Waals surface area (Å²) in [5, 5.41) is 1.86. The van der Waals surface area contributed by atoms with Gasteiger partial charge in [0.2, 0.25) is 0 Å². The Morgan fingerprint density at radius 3 is 2.48 bits per heavy atom. The van der Waals surface area contributed by atoms with E-state index in [0.29, 0.717) is 5.69 Å². The fourth-order valence-electron chi connectivity index (χ4n) is 2.37. The summed E-state index contributed by atoms with van der Waals surface area (Å²) in [6.07, 6.45) is 3.50. The minimum Gasteiger partial charge on any atom is -0.457 e. The molecule has 0 aliphatic carbocycles. The highest BCUT2D eigenvalue weighted by Gasteiger charge is 2.08. The molecule has 0 aliphatic rings. The van der Waals surface area contributed by atoms with Crippen LogP contribution in [-0.4, -0.2) is 4.98 Å². The summed E-state index contributed by atoms with van der Waals surface area (Å²) in [7, 11) is 0. The quantitative estimate of drug-likeness (QED) is 0.667. The third-order valence-corrected chi connectivity index (χ3v) is 4.70. The van der Waals surface area contributed by atoms with E-state index < -0.39 is 0 Å². The molecule has 1 heterocycles. The first-order chi connectivity index (χ1) is 10.1. The zero-order valence-corrected chi connectivity index (χ0v) is 13.4. The lowest BCUT2D eigenvalue weighted by molar-refractivity contribution is 0.487. The summed E-state index contributed by atoms with van der Waals surface area (Å²) in [6, 6.07) is 9.68. The Morgan fingerprint density at radius 2 is 1.76 bits per heavy atom. The first-order valence-electron chi connectivity index (χ1n) is 6.63. The van der Waals surface area contributed by atoms with E-state index in [1.54, 1.807) is 12.4 Å². The van der Waals surface area contributed by atoms with Crippen LogP contribution in [-0.2, 0) is 0 Å². The number of nitrogen functional groups attached to an aromatic ring is 1. The van der Waals surface area contributed by atoms with E-state index in [1.807, 2.05) is 30.3 Å². The van der Waals surface area contributed by atoms with Crippen LogP contribution in [0.5, 0.6) is 11.5 Å². The molecular formula is C17H15BrN2O. The summed E-state index contributed by atoms with van der Waals surface area (Å²) in [4.78, 5) is 4.12. The number of hydrogen-bond acceptors (Lipinski definition) is 3. The maximum absolute atomic E-state index is 6.06. The highest BCUT2D eigenvalue weighted by atomic mass is 79.9. The lowest BCUT2D eigenvalue weighted by atomic mass is 10.1. The van der Waals surface area contributed by atoms with Crippen LogP contribution in [0.2, 0.25) is 0 Å². The van der Waals surface area contributed by atoms with Crippen molar-refractivity contribution in [2.45, 2.75) is 13.8 Å². The van der Waals surface area contributed by atoms with Crippen molar-refractivity contribution in [3.8, 4) is 11.5 Å². The number of nitrogens with two attached hydrogens (primary N) is 1. The summed E-state index contributed by atoms with van der Waals surface area (Å²) in [5.74, 6) is 1.60. The van der Waals surface area contributed by atoms with Crippen LogP contribution in [0.3, 0.4) is 0 Å². The molecule has 3 rings (SSSR count). The second-order valence-electron chi connectivity index (χ2n) is 5.05. The number of fused-ring (bicyclic) bond motifs is 1. The fraction of sp³-hybridized carbons (Fsp3) is 0.118. The van der Waals surface area contributed by atoms with Gasteiger partial charge in [-0.15, -0.1) is 0 Å². The van der Waals surface area contributed by atoms with Crippen LogP contribution in [0, 0.1) is 13.8 Å². The SMILES string of the molecule is Cc1cc(Oc2ccc(N)c3cnccc23)cc(C)c1Br. The number of ether oxygens (including phenoxy) is 1. The van der Waals surface area contributed by atoms with Gasteiger partial charge in [0, 0.05) is 33.3 Å². The Bertz CT molecular complexity index is 807. The minimum absolute atomic E-state index is 0.702. The first kappa shape index (κ1) is 13.9. The van der Waals surface area contributed by atoms with Crippen LogP contribution in [0.1, 0.15) is 11.1 Å². The van der Waals surface area contributed by atoms with Crippen molar-refractivity contribution in [3.63, 3.8) is 0 Å². The molecule has 0 aliphatic heterocycles. The van der Waals surface area contributed by atoms with Crippen molar-refractivity contribution in [3.05, 3.63) is 58.3 Å². The standard InChI is InChI=1S/C17H15BrN2O/c1-10-7-12(8-11(2)17(10)18)21-16-4-3-15(19)14-9-20-6-5-13(14)16/h3-9H,19H2,1-2H3. The molecule has 4 heteroatoms. The zero-order valence-electron chi connectivity index (χ0n) is 11.9. The number of pyridine rings is 1. The number of benzene rings is 2. The smallest absolute Gasteiger partial charge is 0.135 e. The molecule has 21 heavy (non-hydrogen) atoms. The zero-order chi connectivity index (χ0) is 15.0. The van der Waals surface area contributed by atoms with Crippen LogP contribution >= 0.6 is 15.9 Å². The summed E-state index contributed by atoms with van der Waals surface area (Å²) in [6.45, 7) is 4.10. The molecule has 0 unspecified atom stereocenters. The highest BCUT2D eigenvalue weighted by molar-refractivity contribution is 9.10. The molecule has 0 bridgehead atoms. The molecule has 0 atom stereocenters. The van der Waals surface area contributed by atoms with Crippen LogP contribution in [0.25, 0.3) is 10.8 Å². The number of hydrogen-bond donors (Lipinski definition) is 1. The molecule has 3 aromatic rings. The third kappa shape index (κ3) is 2.59. The van der Waals surface area contributed by atoms with Crippen LogP contribution in [0.4, 0.5) is 5.69 Å². The molecular weight excluding hydrogens is 328 g/mol. The molecule has 0 spiro atoms. The van der Waals surface area contributed by atoms with Gasteiger partial charge in [-0.3, -0.25) is 4.98 Å². The molecule has 0 saturated carbocycles. The van der Waals surface area contributed by atoms with Crippen molar-refractivity contribution < 1.29 is 4.74 Å². The third-order valence-electron chi connectivity index (χ3n) is 3.45. The van der Waals surface area contributed by atoms with Crippen LogP contribution in [0.15, 0.2) is 47.2 Å². The summed E-state index contributed by atoms with van der Waals surface area (Å²) < 4.78 is 7.17. The van der Waals surface area contributed by atoms with Crippen molar-refractivity contribution >= 4 is 32.4 Å². The Morgan fingerprint density at radius 1 is 1.05 bits per heavy atom. The van der Waals surface area contributed by atoms with Gasteiger partial charge in [0.05, 0.1) is 0 Å². The number of halogens is 1. The molecule has 0 fully saturated rings. The van der Waals surface area contributed by atoms with Gasteiger partial charge in [0.1, 0.15) is 11.5 Å². The van der Waals surface area contributed by atoms with E-state index in [-0.39, 0.29) is 0 Å². The van der Waals surface area contributed by atoms with E-state index in [1.165, 1.54) is 0 Å². The van der Waals surface area contributed by atoms with Gasteiger partial charge in [0.25, 0.3) is 0 Å². The largest absolute Gasteiger partial charge is 0.457 e. The van der Waals surface area contributed by atoms with Crippen molar-refractivity contribution in [1.82, 2.24) is 4.98 Å². The highest BCUT2D eigenvalue weighted by Crippen LogP contribution is 2.34. The number of aryl methyl sites for hydroxylation is 2. The molecule has 0 radical (unpaired) electrons. The predicted molar refractivity (Wildman–Crippen MR) is 89.8 cm³/mol. The van der Waals surface area contributed by atoms with E-state index in [0.717, 1.165) is 37.9 Å². The Labute approximate surface area is 131 Å². The average Bonchev–Trinajstić information content (AvgIpc) is 2.48. The topological polar surface area (TPSA) is 48.1 Å². The molecule has 2 aromatic carbocycles.